The molecule has 0 spiro atoms. The zero-order valence-corrected chi connectivity index (χ0v) is 8.57. The molecule has 0 aliphatic carbocycles. The second-order valence-electron chi connectivity index (χ2n) is 3.96. The highest BCUT2D eigenvalue weighted by Gasteiger charge is 2.13. The molecule has 0 aliphatic heterocycles. The molecule has 0 saturated carbocycles. The molecule has 0 aliphatic rings. The van der Waals surface area contributed by atoms with Gasteiger partial charge in [0.1, 0.15) is 5.75 Å². The van der Waals surface area contributed by atoms with Crippen molar-refractivity contribution in [2.24, 2.45) is 5.92 Å². The van der Waals surface area contributed by atoms with Gasteiger partial charge < -0.3 is 15.9 Å². The number of aliphatic hydroxyl groups excluding tert-OH is 1. The molecule has 3 heteroatoms. The highest BCUT2D eigenvalue weighted by molar-refractivity contribution is 5.51. The number of nitrogen functional groups attached to an aromatic ring is 1. The van der Waals surface area contributed by atoms with Gasteiger partial charge in [0.15, 0.2) is 0 Å². The Morgan fingerprint density at radius 1 is 1.36 bits per heavy atom. The summed E-state index contributed by atoms with van der Waals surface area (Å²) < 4.78 is 0. The number of phenols is 1. The molecule has 0 radical (unpaired) electrons. The maximum absolute atomic E-state index is 9.81. The molecule has 0 amide bonds. The fraction of sp³-hybridized carbons (Fsp3) is 0.455. The van der Waals surface area contributed by atoms with E-state index in [2.05, 4.69) is 0 Å². The third-order valence-corrected chi connectivity index (χ3v) is 2.12. The fourth-order valence-corrected chi connectivity index (χ4v) is 1.42. The van der Waals surface area contributed by atoms with Gasteiger partial charge in [0.25, 0.3) is 0 Å². The van der Waals surface area contributed by atoms with E-state index in [-0.39, 0.29) is 5.75 Å². The minimum absolute atomic E-state index is 0.136. The van der Waals surface area contributed by atoms with Gasteiger partial charge in [0, 0.05) is 11.3 Å². The third kappa shape index (κ3) is 2.64. The van der Waals surface area contributed by atoms with Crippen LogP contribution >= 0.6 is 0 Å². The molecule has 0 heterocycles. The van der Waals surface area contributed by atoms with Crippen LogP contribution in [0.4, 0.5) is 5.69 Å². The van der Waals surface area contributed by atoms with Crippen LogP contribution in [0.2, 0.25) is 0 Å². The van der Waals surface area contributed by atoms with Crippen LogP contribution in [-0.2, 0) is 0 Å². The van der Waals surface area contributed by atoms with Gasteiger partial charge in [0.05, 0.1) is 6.10 Å². The molecule has 0 saturated heterocycles. The van der Waals surface area contributed by atoms with E-state index in [1.807, 2.05) is 13.8 Å². The van der Waals surface area contributed by atoms with Gasteiger partial charge in [-0.05, 0) is 30.5 Å². The van der Waals surface area contributed by atoms with Crippen LogP contribution in [0, 0.1) is 5.92 Å². The molecule has 1 unspecified atom stereocenters. The monoisotopic (exact) mass is 195 g/mol. The van der Waals surface area contributed by atoms with Crippen LogP contribution < -0.4 is 5.73 Å². The number of hydrogen-bond acceptors (Lipinski definition) is 3. The van der Waals surface area contributed by atoms with E-state index in [4.69, 9.17) is 5.73 Å². The first-order valence-electron chi connectivity index (χ1n) is 4.77. The molecule has 14 heavy (non-hydrogen) atoms. The van der Waals surface area contributed by atoms with Crippen molar-refractivity contribution in [3.8, 4) is 5.75 Å². The summed E-state index contributed by atoms with van der Waals surface area (Å²) >= 11 is 0. The molecule has 78 valence electrons. The van der Waals surface area contributed by atoms with Gasteiger partial charge in [-0.2, -0.15) is 0 Å². The maximum atomic E-state index is 9.81. The highest BCUT2D eigenvalue weighted by atomic mass is 16.3. The molecule has 0 fully saturated rings. The fourth-order valence-electron chi connectivity index (χ4n) is 1.42. The van der Waals surface area contributed by atoms with Crippen molar-refractivity contribution in [3.63, 3.8) is 0 Å². The first-order chi connectivity index (χ1) is 6.50. The Morgan fingerprint density at radius 3 is 2.57 bits per heavy atom. The summed E-state index contributed by atoms with van der Waals surface area (Å²) in [6.45, 7) is 4.06. The smallest absolute Gasteiger partial charge is 0.116 e. The second-order valence-corrected chi connectivity index (χ2v) is 3.96. The average Bonchev–Trinajstić information content (AvgIpc) is 2.08. The van der Waals surface area contributed by atoms with Crippen molar-refractivity contribution in [2.75, 3.05) is 5.73 Å². The number of aromatic hydroxyl groups is 1. The van der Waals surface area contributed by atoms with Gasteiger partial charge in [0.2, 0.25) is 0 Å². The van der Waals surface area contributed by atoms with Gasteiger partial charge in [-0.15, -0.1) is 0 Å². The second kappa shape index (κ2) is 4.33. The minimum atomic E-state index is -0.595. The first-order valence-corrected chi connectivity index (χ1v) is 4.77. The Labute approximate surface area is 84.2 Å². The number of phenolic OH excluding ortho intramolecular Hbond substituents is 1. The lowest BCUT2D eigenvalue weighted by Gasteiger charge is -2.15. The van der Waals surface area contributed by atoms with Crippen LogP contribution in [0.5, 0.6) is 5.75 Å². The van der Waals surface area contributed by atoms with Gasteiger partial charge in [-0.3, -0.25) is 0 Å². The lowest BCUT2D eigenvalue weighted by Crippen LogP contribution is -2.05. The Hall–Kier alpha value is -1.22. The predicted molar refractivity (Wildman–Crippen MR) is 56.9 cm³/mol. The molecule has 4 N–H and O–H groups in total. The number of aliphatic hydroxyl groups is 1. The van der Waals surface area contributed by atoms with E-state index in [9.17, 15) is 10.2 Å². The van der Waals surface area contributed by atoms with Gasteiger partial charge in [-0.25, -0.2) is 0 Å². The van der Waals surface area contributed by atoms with E-state index in [0.717, 1.165) is 0 Å². The topological polar surface area (TPSA) is 66.5 Å². The van der Waals surface area contributed by atoms with E-state index in [1.54, 1.807) is 6.07 Å². The number of anilines is 1. The summed E-state index contributed by atoms with van der Waals surface area (Å²) in [4.78, 5) is 0. The van der Waals surface area contributed by atoms with E-state index >= 15 is 0 Å². The Kier molecular flexibility index (Phi) is 3.36. The number of nitrogens with two attached hydrogens (primary N) is 1. The molecular formula is C11H17NO2. The maximum Gasteiger partial charge on any atom is 0.116 e. The molecule has 0 bridgehead atoms. The number of benzene rings is 1. The lowest BCUT2D eigenvalue weighted by atomic mass is 9.98. The normalized spacial score (nSPS) is 13.1. The van der Waals surface area contributed by atoms with Crippen LogP contribution in [0.1, 0.15) is 31.9 Å². The molecule has 1 atom stereocenters. The SMILES string of the molecule is CC(C)CC(O)c1cc(O)ccc1N. The van der Waals surface area contributed by atoms with Crippen LogP contribution in [0.25, 0.3) is 0 Å². The summed E-state index contributed by atoms with van der Waals surface area (Å²) in [7, 11) is 0. The molecule has 1 aromatic rings. The van der Waals surface area contributed by atoms with Crippen LogP contribution in [0.15, 0.2) is 18.2 Å². The zero-order chi connectivity index (χ0) is 10.7. The average molecular weight is 195 g/mol. The van der Waals surface area contributed by atoms with Crippen molar-refractivity contribution >= 4 is 5.69 Å². The Morgan fingerprint density at radius 2 is 2.00 bits per heavy atom. The predicted octanol–water partition coefficient (Wildman–Crippen LogP) is 2.05. The largest absolute Gasteiger partial charge is 0.508 e. The highest BCUT2D eigenvalue weighted by Crippen LogP contribution is 2.28. The standard InChI is InChI=1S/C11H17NO2/c1-7(2)5-11(14)9-6-8(13)3-4-10(9)12/h3-4,6-7,11,13-14H,5,12H2,1-2H3. The van der Waals surface area contributed by atoms with E-state index in [0.29, 0.717) is 23.6 Å². The Balaban J connectivity index is 2.88. The molecule has 1 aromatic carbocycles. The van der Waals surface area contributed by atoms with Crippen molar-refractivity contribution in [1.29, 1.82) is 0 Å². The minimum Gasteiger partial charge on any atom is -0.508 e. The Bertz CT molecular complexity index is 310. The summed E-state index contributed by atoms with van der Waals surface area (Å²) in [5.41, 5.74) is 6.83. The van der Waals surface area contributed by atoms with Gasteiger partial charge in [-0.1, -0.05) is 13.8 Å². The van der Waals surface area contributed by atoms with Gasteiger partial charge >= 0.3 is 0 Å². The zero-order valence-electron chi connectivity index (χ0n) is 8.57. The molecule has 3 nitrogen and oxygen atoms in total. The first kappa shape index (κ1) is 10.9. The molecular weight excluding hydrogens is 178 g/mol. The van der Waals surface area contributed by atoms with Crippen molar-refractivity contribution in [2.45, 2.75) is 26.4 Å². The van der Waals surface area contributed by atoms with E-state index in [1.165, 1.54) is 12.1 Å². The number of rotatable bonds is 3. The third-order valence-electron chi connectivity index (χ3n) is 2.12. The van der Waals surface area contributed by atoms with Crippen molar-refractivity contribution < 1.29 is 10.2 Å². The quantitative estimate of drug-likeness (QED) is 0.511. The summed E-state index contributed by atoms with van der Waals surface area (Å²) in [6.07, 6.45) is 0.0512. The van der Waals surface area contributed by atoms with Crippen LogP contribution in [0.3, 0.4) is 0 Å². The summed E-state index contributed by atoms with van der Waals surface area (Å²) in [5, 5.41) is 19.1. The van der Waals surface area contributed by atoms with Crippen molar-refractivity contribution in [1.82, 2.24) is 0 Å². The van der Waals surface area contributed by atoms with Crippen LogP contribution in [-0.4, -0.2) is 10.2 Å². The number of hydrogen-bond donors (Lipinski definition) is 3. The van der Waals surface area contributed by atoms with Crippen molar-refractivity contribution in [3.05, 3.63) is 23.8 Å². The van der Waals surface area contributed by atoms with E-state index < -0.39 is 6.10 Å². The lowest BCUT2D eigenvalue weighted by molar-refractivity contribution is 0.151. The summed E-state index contributed by atoms with van der Waals surface area (Å²) in [5.74, 6) is 0.531. The molecule has 1 rings (SSSR count). The summed E-state index contributed by atoms with van der Waals surface area (Å²) in [6, 6.07) is 4.64. The molecule has 0 aromatic heterocycles.